The minimum absolute atomic E-state index is 0.289. The van der Waals surface area contributed by atoms with E-state index < -0.39 is 11.9 Å². The minimum atomic E-state index is -0.573. The Morgan fingerprint density at radius 1 is 1.29 bits per heavy atom. The van der Waals surface area contributed by atoms with Gasteiger partial charge in [0.05, 0.1) is 17.9 Å². The van der Waals surface area contributed by atoms with Crippen molar-refractivity contribution in [1.82, 2.24) is 5.32 Å². The fraction of sp³-hybridized carbons (Fsp3) is 0.200. The van der Waals surface area contributed by atoms with E-state index in [-0.39, 0.29) is 12.6 Å². The number of carbonyl (C=O) groups is 2. The predicted octanol–water partition coefficient (Wildman–Crippen LogP) is 1.90. The number of nitrogens with two attached hydrogens (primary N) is 1. The number of nitrogen functional groups attached to an aromatic ring is 1. The molecule has 110 valence electrons. The molecule has 0 saturated carbocycles. The van der Waals surface area contributed by atoms with E-state index in [1.54, 1.807) is 43.3 Å². The Kier molecular flexibility index (Phi) is 4.61. The number of esters is 1. The fourth-order valence-electron chi connectivity index (χ4n) is 1.73. The topological polar surface area (TPSA) is 94.6 Å². The van der Waals surface area contributed by atoms with Gasteiger partial charge in [-0.15, -0.1) is 0 Å². The number of benzene rings is 1. The van der Waals surface area contributed by atoms with Crippen LogP contribution >= 0.6 is 0 Å². The predicted molar refractivity (Wildman–Crippen MR) is 76.4 cm³/mol. The second-order valence-electron chi connectivity index (χ2n) is 4.50. The number of ether oxygens (including phenoxy) is 1. The molecule has 2 rings (SSSR count). The van der Waals surface area contributed by atoms with Crippen molar-refractivity contribution in [1.29, 1.82) is 0 Å². The van der Waals surface area contributed by atoms with Crippen molar-refractivity contribution < 1.29 is 18.7 Å². The summed E-state index contributed by atoms with van der Waals surface area (Å²) in [7, 11) is 0. The van der Waals surface area contributed by atoms with E-state index in [0.29, 0.717) is 17.0 Å². The molecule has 0 saturated heterocycles. The van der Waals surface area contributed by atoms with Gasteiger partial charge in [0, 0.05) is 5.69 Å². The molecule has 1 amide bonds. The molecule has 6 nitrogen and oxygen atoms in total. The summed E-state index contributed by atoms with van der Waals surface area (Å²) in [6.07, 6.45) is 1.53. The Labute approximate surface area is 121 Å². The van der Waals surface area contributed by atoms with Crippen LogP contribution in [-0.4, -0.2) is 18.5 Å². The normalized spacial score (nSPS) is 11.7. The maximum Gasteiger partial charge on any atom is 0.338 e. The highest BCUT2D eigenvalue weighted by Crippen LogP contribution is 2.12. The number of hydrogen-bond donors (Lipinski definition) is 2. The van der Waals surface area contributed by atoms with Crippen molar-refractivity contribution in [2.45, 2.75) is 13.0 Å². The molecular weight excluding hydrogens is 272 g/mol. The van der Waals surface area contributed by atoms with Crippen LogP contribution in [0.5, 0.6) is 0 Å². The first-order chi connectivity index (χ1) is 10.1. The lowest BCUT2D eigenvalue weighted by Gasteiger charge is -2.11. The maximum atomic E-state index is 11.7. The summed E-state index contributed by atoms with van der Waals surface area (Å²) in [4.78, 5) is 23.4. The molecule has 2 aromatic rings. The highest BCUT2D eigenvalue weighted by atomic mass is 16.5. The molecule has 1 atom stereocenters. The second-order valence-corrected chi connectivity index (χ2v) is 4.50. The Morgan fingerprint density at radius 3 is 2.62 bits per heavy atom. The molecule has 0 fully saturated rings. The standard InChI is InChI=1S/C15H16N2O4/c1-10(13-3-2-8-20-13)17-14(18)9-21-15(19)11-4-6-12(16)7-5-11/h2-8,10H,9,16H2,1H3,(H,17,18)/t10-/m1/s1. The monoisotopic (exact) mass is 288 g/mol. The Morgan fingerprint density at radius 2 is 2.00 bits per heavy atom. The number of rotatable bonds is 5. The van der Waals surface area contributed by atoms with Crippen LogP contribution in [0.4, 0.5) is 5.69 Å². The van der Waals surface area contributed by atoms with Gasteiger partial charge in [0.2, 0.25) is 0 Å². The lowest BCUT2D eigenvalue weighted by molar-refractivity contribution is -0.125. The van der Waals surface area contributed by atoms with Crippen LogP contribution < -0.4 is 11.1 Å². The average Bonchev–Trinajstić information content (AvgIpc) is 3.00. The van der Waals surface area contributed by atoms with Gasteiger partial charge in [0.25, 0.3) is 5.91 Å². The van der Waals surface area contributed by atoms with E-state index >= 15 is 0 Å². The van der Waals surface area contributed by atoms with E-state index in [2.05, 4.69) is 5.32 Å². The molecule has 21 heavy (non-hydrogen) atoms. The van der Waals surface area contributed by atoms with Crippen LogP contribution in [0.2, 0.25) is 0 Å². The summed E-state index contributed by atoms with van der Waals surface area (Å²) in [6.45, 7) is 1.42. The zero-order chi connectivity index (χ0) is 15.2. The summed E-state index contributed by atoms with van der Waals surface area (Å²) >= 11 is 0. The van der Waals surface area contributed by atoms with Gasteiger partial charge in [-0.25, -0.2) is 4.79 Å². The molecule has 1 heterocycles. The summed E-state index contributed by atoms with van der Waals surface area (Å²) in [6, 6.07) is 9.47. The van der Waals surface area contributed by atoms with Crippen LogP contribution in [-0.2, 0) is 9.53 Å². The third-order valence-electron chi connectivity index (χ3n) is 2.83. The van der Waals surface area contributed by atoms with Gasteiger partial charge in [0.1, 0.15) is 5.76 Å². The zero-order valence-electron chi connectivity index (χ0n) is 11.5. The highest BCUT2D eigenvalue weighted by molar-refractivity contribution is 5.91. The molecule has 0 unspecified atom stereocenters. The molecule has 0 radical (unpaired) electrons. The molecule has 0 aliphatic rings. The van der Waals surface area contributed by atoms with Crippen molar-refractivity contribution in [3.63, 3.8) is 0 Å². The van der Waals surface area contributed by atoms with E-state index in [1.807, 2.05) is 0 Å². The van der Waals surface area contributed by atoms with Crippen LogP contribution in [0.25, 0.3) is 0 Å². The van der Waals surface area contributed by atoms with Crippen LogP contribution in [0.1, 0.15) is 29.1 Å². The average molecular weight is 288 g/mol. The van der Waals surface area contributed by atoms with Gasteiger partial charge in [-0.3, -0.25) is 4.79 Å². The molecule has 0 aliphatic heterocycles. The Bertz CT molecular complexity index is 605. The largest absolute Gasteiger partial charge is 0.467 e. The summed E-state index contributed by atoms with van der Waals surface area (Å²) in [5.41, 5.74) is 6.42. The SMILES string of the molecule is C[C@@H](NC(=O)COC(=O)c1ccc(N)cc1)c1ccco1. The van der Waals surface area contributed by atoms with Crippen molar-refractivity contribution in [2.24, 2.45) is 0 Å². The van der Waals surface area contributed by atoms with E-state index in [9.17, 15) is 9.59 Å². The lowest BCUT2D eigenvalue weighted by Crippen LogP contribution is -2.30. The summed E-state index contributed by atoms with van der Waals surface area (Å²) in [5, 5.41) is 2.67. The number of amides is 1. The minimum Gasteiger partial charge on any atom is -0.467 e. The fourth-order valence-corrected chi connectivity index (χ4v) is 1.73. The third kappa shape index (κ3) is 4.10. The molecular formula is C15H16N2O4. The van der Waals surface area contributed by atoms with Gasteiger partial charge in [-0.05, 0) is 43.3 Å². The van der Waals surface area contributed by atoms with Crippen LogP contribution in [0.15, 0.2) is 47.1 Å². The first kappa shape index (κ1) is 14.6. The first-order valence-corrected chi connectivity index (χ1v) is 6.41. The smallest absolute Gasteiger partial charge is 0.338 e. The van der Waals surface area contributed by atoms with Gasteiger partial charge in [0.15, 0.2) is 6.61 Å². The van der Waals surface area contributed by atoms with Gasteiger partial charge in [-0.1, -0.05) is 0 Å². The van der Waals surface area contributed by atoms with Crippen LogP contribution in [0.3, 0.4) is 0 Å². The number of carbonyl (C=O) groups excluding carboxylic acids is 2. The maximum absolute atomic E-state index is 11.7. The third-order valence-corrected chi connectivity index (χ3v) is 2.83. The van der Waals surface area contributed by atoms with Gasteiger partial charge < -0.3 is 20.2 Å². The van der Waals surface area contributed by atoms with E-state index in [0.717, 1.165) is 0 Å². The Hall–Kier alpha value is -2.76. The summed E-state index contributed by atoms with van der Waals surface area (Å²) in [5.74, 6) is -0.341. The number of hydrogen-bond acceptors (Lipinski definition) is 5. The van der Waals surface area contributed by atoms with Crippen molar-refractivity contribution in [2.75, 3.05) is 12.3 Å². The van der Waals surface area contributed by atoms with Gasteiger partial charge in [-0.2, -0.15) is 0 Å². The molecule has 0 aliphatic carbocycles. The molecule has 3 N–H and O–H groups in total. The molecule has 1 aromatic carbocycles. The van der Waals surface area contributed by atoms with Crippen molar-refractivity contribution in [3.05, 3.63) is 54.0 Å². The quantitative estimate of drug-likeness (QED) is 0.647. The number of furan rings is 1. The molecule has 6 heteroatoms. The molecule has 0 bridgehead atoms. The highest BCUT2D eigenvalue weighted by Gasteiger charge is 2.14. The first-order valence-electron chi connectivity index (χ1n) is 6.41. The molecule has 1 aromatic heterocycles. The van der Waals surface area contributed by atoms with E-state index in [1.165, 1.54) is 6.26 Å². The van der Waals surface area contributed by atoms with Crippen molar-refractivity contribution in [3.8, 4) is 0 Å². The number of nitrogens with one attached hydrogen (secondary N) is 1. The van der Waals surface area contributed by atoms with Crippen molar-refractivity contribution >= 4 is 17.6 Å². The van der Waals surface area contributed by atoms with Crippen LogP contribution in [0, 0.1) is 0 Å². The number of anilines is 1. The second kappa shape index (κ2) is 6.60. The lowest BCUT2D eigenvalue weighted by atomic mass is 10.2. The van der Waals surface area contributed by atoms with Gasteiger partial charge >= 0.3 is 5.97 Å². The zero-order valence-corrected chi connectivity index (χ0v) is 11.5. The molecule has 0 spiro atoms. The summed E-state index contributed by atoms with van der Waals surface area (Å²) < 4.78 is 10.1. The Balaban J connectivity index is 1.81. The van der Waals surface area contributed by atoms with E-state index in [4.69, 9.17) is 14.9 Å².